The molecule has 0 bridgehead atoms. The van der Waals surface area contributed by atoms with E-state index < -0.39 is 11.5 Å². The van der Waals surface area contributed by atoms with Crippen molar-refractivity contribution >= 4 is 5.97 Å². The first-order valence-electron chi connectivity index (χ1n) is 7.35. The van der Waals surface area contributed by atoms with Gasteiger partial charge in [-0.1, -0.05) is 12.1 Å². The molecule has 1 atom stereocenters. The molecule has 5 heteroatoms. The molecule has 1 aliphatic heterocycles. The number of nitrogens with zero attached hydrogens (tertiary/aromatic N) is 1. The Morgan fingerprint density at radius 3 is 2.90 bits per heavy atom. The second-order valence-electron chi connectivity index (χ2n) is 5.96. The molecule has 0 amide bonds. The molecule has 1 aromatic carbocycles. The number of nitrogens with two attached hydrogens (primary N) is 1. The molecule has 2 rings (SSSR count). The number of rotatable bonds is 6. The lowest BCUT2D eigenvalue weighted by atomic mass is 10.0. The summed E-state index contributed by atoms with van der Waals surface area (Å²) in [7, 11) is 0. The van der Waals surface area contributed by atoms with Crippen LogP contribution in [0.4, 0.5) is 0 Å². The van der Waals surface area contributed by atoms with Crippen molar-refractivity contribution in [3.05, 3.63) is 29.3 Å². The van der Waals surface area contributed by atoms with E-state index in [2.05, 4.69) is 17.0 Å². The van der Waals surface area contributed by atoms with Gasteiger partial charge in [0.05, 0.1) is 6.61 Å². The van der Waals surface area contributed by atoms with E-state index in [-0.39, 0.29) is 0 Å². The number of carboxylic acids is 1. The van der Waals surface area contributed by atoms with Crippen LogP contribution in [0, 0.1) is 13.8 Å². The molecule has 21 heavy (non-hydrogen) atoms. The van der Waals surface area contributed by atoms with Gasteiger partial charge in [-0.25, -0.2) is 0 Å². The summed E-state index contributed by atoms with van der Waals surface area (Å²) in [6.45, 7) is 6.69. The molecule has 1 aliphatic rings. The lowest BCUT2D eigenvalue weighted by Crippen LogP contribution is -2.50. The van der Waals surface area contributed by atoms with Crippen LogP contribution < -0.4 is 10.5 Å². The van der Waals surface area contributed by atoms with E-state index in [4.69, 9.17) is 15.6 Å². The number of carboxylic acid groups (broad SMARTS) is 1. The van der Waals surface area contributed by atoms with Crippen molar-refractivity contribution in [1.82, 2.24) is 4.90 Å². The van der Waals surface area contributed by atoms with Gasteiger partial charge in [-0.15, -0.1) is 0 Å². The van der Waals surface area contributed by atoms with E-state index in [1.54, 1.807) is 0 Å². The summed E-state index contributed by atoms with van der Waals surface area (Å²) in [6.07, 6.45) is 1.38. The molecule has 1 fully saturated rings. The summed E-state index contributed by atoms with van der Waals surface area (Å²) >= 11 is 0. The van der Waals surface area contributed by atoms with Crippen LogP contribution >= 0.6 is 0 Å². The molecule has 0 saturated carbocycles. The zero-order valence-electron chi connectivity index (χ0n) is 12.8. The molecule has 116 valence electrons. The standard InChI is InChI=1S/C16H24N2O3/c1-12-4-5-13(2)14(10-12)21-9-3-7-18-8-6-16(17,11-18)15(19)20/h4-5,10H,3,6-9,11,17H2,1-2H3,(H,19,20). The van der Waals surface area contributed by atoms with Crippen LogP contribution in [-0.4, -0.2) is 47.8 Å². The number of carbonyl (C=O) groups is 1. The molecule has 0 radical (unpaired) electrons. The highest BCUT2D eigenvalue weighted by Crippen LogP contribution is 2.21. The van der Waals surface area contributed by atoms with E-state index in [1.807, 2.05) is 19.9 Å². The first kappa shape index (κ1) is 15.8. The van der Waals surface area contributed by atoms with E-state index in [9.17, 15) is 4.79 Å². The van der Waals surface area contributed by atoms with Gasteiger partial charge in [0.1, 0.15) is 11.3 Å². The average molecular weight is 292 g/mol. The summed E-state index contributed by atoms with van der Waals surface area (Å²) in [5, 5.41) is 9.09. The van der Waals surface area contributed by atoms with Crippen molar-refractivity contribution in [3.8, 4) is 5.75 Å². The van der Waals surface area contributed by atoms with Crippen molar-refractivity contribution in [2.75, 3.05) is 26.2 Å². The Balaban J connectivity index is 1.74. The largest absolute Gasteiger partial charge is 0.493 e. The number of hydrogen-bond acceptors (Lipinski definition) is 4. The fourth-order valence-electron chi connectivity index (χ4n) is 2.61. The Morgan fingerprint density at radius 1 is 1.48 bits per heavy atom. The van der Waals surface area contributed by atoms with Crippen molar-refractivity contribution in [2.24, 2.45) is 5.73 Å². The van der Waals surface area contributed by atoms with Gasteiger partial charge in [-0.05, 0) is 43.9 Å². The third kappa shape index (κ3) is 3.95. The van der Waals surface area contributed by atoms with Gasteiger partial charge < -0.3 is 20.5 Å². The van der Waals surface area contributed by atoms with Crippen LogP contribution in [0.25, 0.3) is 0 Å². The van der Waals surface area contributed by atoms with Gasteiger partial charge in [0, 0.05) is 19.6 Å². The minimum atomic E-state index is -1.08. The predicted octanol–water partition coefficient (Wildman–Crippen LogP) is 1.56. The quantitative estimate of drug-likeness (QED) is 0.778. The molecule has 0 aromatic heterocycles. The highest BCUT2D eigenvalue weighted by Gasteiger charge is 2.40. The molecule has 0 aliphatic carbocycles. The smallest absolute Gasteiger partial charge is 0.325 e. The maximum absolute atomic E-state index is 11.1. The van der Waals surface area contributed by atoms with Gasteiger partial charge in [0.25, 0.3) is 0 Å². The van der Waals surface area contributed by atoms with E-state index in [0.717, 1.165) is 30.8 Å². The number of aryl methyl sites for hydroxylation is 2. The summed E-state index contributed by atoms with van der Waals surface area (Å²) in [5.41, 5.74) is 7.09. The fraction of sp³-hybridized carbons (Fsp3) is 0.562. The lowest BCUT2D eigenvalue weighted by Gasteiger charge is -2.20. The van der Waals surface area contributed by atoms with E-state index in [1.165, 1.54) is 5.56 Å². The second-order valence-corrected chi connectivity index (χ2v) is 5.96. The number of hydrogen-bond donors (Lipinski definition) is 2. The minimum Gasteiger partial charge on any atom is -0.493 e. The topological polar surface area (TPSA) is 75.8 Å². The zero-order valence-corrected chi connectivity index (χ0v) is 12.8. The third-order valence-corrected chi connectivity index (χ3v) is 4.03. The van der Waals surface area contributed by atoms with Crippen LogP contribution in [0.5, 0.6) is 5.75 Å². The Labute approximate surface area is 125 Å². The van der Waals surface area contributed by atoms with Crippen LogP contribution in [-0.2, 0) is 4.79 Å². The normalized spacial score (nSPS) is 22.4. The third-order valence-electron chi connectivity index (χ3n) is 4.03. The number of benzene rings is 1. The molecule has 0 spiro atoms. The SMILES string of the molecule is Cc1ccc(C)c(OCCCN2CCC(N)(C(=O)O)C2)c1. The molecule has 1 aromatic rings. The Morgan fingerprint density at radius 2 is 2.24 bits per heavy atom. The molecule has 3 N–H and O–H groups in total. The van der Waals surface area contributed by atoms with Gasteiger partial charge >= 0.3 is 5.97 Å². The monoisotopic (exact) mass is 292 g/mol. The van der Waals surface area contributed by atoms with Crippen molar-refractivity contribution < 1.29 is 14.6 Å². The molecule has 1 saturated heterocycles. The maximum Gasteiger partial charge on any atom is 0.325 e. The first-order valence-corrected chi connectivity index (χ1v) is 7.35. The van der Waals surface area contributed by atoms with Crippen LogP contribution in [0.1, 0.15) is 24.0 Å². The number of ether oxygens (including phenoxy) is 1. The summed E-state index contributed by atoms with van der Waals surface area (Å²) in [4.78, 5) is 13.2. The molecule has 5 nitrogen and oxygen atoms in total. The molecule has 1 unspecified atom stereocenters. The minimum absolute atomic E-state index is 0.422. The van der Waals surface area contributed by atoms with Gasteiger partial charge in [0.15, 0.2) is 0 Å². The number of aliphatic carboxylic acids is 1. The Kier molecular flexibility index (Phi) is 4.85. The average Bonchev–Trinajstić information content (AvgIpc) is 2.82. The van der Waals surface area contributed by atoms with Crippen LogP contribution in [0.3, 0.4) is 0 Å². The summed E-state index contributed by atoms with van der Waals surface area (Å²) in [6, 6.07) is 6.17. The highest BCUT2D eigenvalue weighted by atomic mass is 16.5. The molecule has 1 heterocycles. The highest BCUT2D eigenvalue weighted by molar-refractivity contribution is 5.79. The van der Waals surface area contributed by atoms with E-state index >= 15 is 0 Å². The van der Waals surface area contributed by atoms with Crippen molar-refractivity contribution in [3.63, 3.8) is 0 Å². The Bertz CT molecular complexity index is 518. The lowest BCUT2D eigenvalue weighted by molar-refractivity contribution is -0.142. The van der Waals surface area contributed by atoms with Crippen LogP contribution in [0.15, 0.2) is 18.2 Å². The van der Waals surface area contributed by atoms with Crippen molar-refractivity contribution in [1.29, 1.82) is 0 Å². The first-order chi connectivity index (χ1) is 9.90. The van der Waals surface area contributed by atoms with Crippen LogP contribution in [0.2, 0.25) is 0 Å². The summed E-state index contributed by atoms with van der Waals surface area (Å²) in [5.74, 6) is 0.0202. The van der Waals surface area contributed by atoms with E-state index in [0.29, 0.717) is 19.6 Å². The van der Waals surface area contributed by atoms with Gasteiger partial charge in [-0.2, -0.15) is 0 Å². The predicted molar refractivity (Wildman–Crippen MR) is 81.6 cm³/mol. The second kappa shape index (κ2) is 6.45. The Hall–Kier alpha value is -1.59. The van der Waals surface area contributed by atoms with Gasteiger partial charge in [0.2, 0.25) is 0 Å². The van der Waals surface area contributed by atoms with Crippen molar-refractivity contribution in [2.45, 2.75) is 32.2 Å². The van der Waals surface area contributed by atoms with Gasteiger partial charge in [-0.3, -0.25) is 4.79 Å². The summed E-state index contributed by atoms with van der Waals surface area (Å²) < 4.78 is 5.80. The maximum atomic E-state index is 11.1. The number of likely N-dealkylation sites (tertiary alicyclic amines) is 1. The molecular formula is C16H24N2O3. The zero-order chi connectivity index (χ0) is 15.5. The fourth-order valence-corrected chi connectivity index (χ4v) is 2.61. The molecular weight excluding hydrogens is 268 g/mol.